The van der Waals surface area contributed by atoms with Crippen molar-refractivity contribution in [3.63, 3.8) is 0 Å². The van der Waals surface area contributed by atoms with Crippen LogP contribution < -0.4 is 0 Å². The zero-order valence-corrected chi connectivity index (χ0v) is 8.05. The summed E-state index contributed by atoms with van der Waals surface area (Å²) in [5.74, 6) is 0.482. The zero-order valence-electron chi connectivity index (χ0n) is 7.24. The molecule has 0 unspecified atom stereocenters. The molecule has 0 atom stereocenters. The van der Waals surface area contributed by atoms with Crippen molar-refractivity contribution < 1.29 is 4.42 Å². The molecule has 0 bridgehead atoms. The normalized spacial score (nSPS) is 10.6. The maximum Gasteiger partial charge on any atom is 0.284 e. The quantitative estimate of drug-likeness (QED) is 0.701. The van der Waals surface area contributed by atoms with Gasteiger partial charge in [-0.1, -0.05) is 0 Å². The lowest BCUT2D eigenvalue weighted by Crippen LogP contribution is -1.92. The fourth-order valence-corrected chi connectivity index (χ4v) is 1.18. The van der Waals surface area contributed by atoms with Crippen molar-refractivity contribution in [3.8, 4) is 11.5 Å². The van der Waals surface area contributed by atoms with Crippen molar-refractivity contribution >= 4 is 12.2 Å². The van der Waals surface area contributed by atoms with E-state index >= 15 is 0 Å². The molecule has 0 amide bonds. The third-order valence-electron chi connectivity index (χ3n) is 1.90. The van der Waals surface area contributed by atoms with E-state index in [1.165, 1.54) is 0 Å². The summed E-state index contributed by atoms with van der Waals surface area (Å²) in [6.45, 7) is 1.94. The van der Waals surface area contributed by atoms with E-state index in [1.54, 1.807) is 10.9 Å². The van der Waals surface area contributed by atoms with Gasteiger partial charge in [-0.3, -0.25) is 4.68 Å². The van der Waals surface area contributed by atoms with Gasteiger partial charge < -0.3 is 4.42 Å². The summed E-state index contributed by atoms with van der Waals surface area (Å²) in [6.07, 6.45) is 1.70. The standard InChI is InChI=1S/C7H8N4OS/c1-4-5(3-8-11(4)2)6-9-10-7(13)12-6/h3H,1-2H3,(H,10,13). The molecule has 5 nitrogen and oxygen atoms in total. The van der Waals surface area contributed by atoms with Crippen molar-refractivity contribution in [2.75, 3.05) is 0 Å². The average molecular weight is 196 g/mol. The molecule has 0 radical (unpaired) electrons. The maximum absolute atomic E-state index is 5.16. The molecule has 0 aromatic carbocycles. The second-order valence-electron chi connectivity index (χ2n) is 2.69. The van der Waals surface area contributed by atoms with Crippen molar-refractivity contribution in [3.05, 3.63) is 16.7 Å². The number of hydrogen-bond donors (Lipinski definition) is 1. The number of aromatic amines is 1. The van der Waals surface area contributed by atoms with Crippen LogP contribution >= 0.6 is 12.2 Å². The summed E-state index contributed by atoms with van der Waals surface area (Å²) >= 11 is 4.77. The van der Waals surface area contributed by atoms with Crippen LogP contribution in [0.4, 0.5) is 0 Å². The molecular weight excluding hydrogens is 188 g/mol. The Kier molecular flexibility index (Phi) is 1.77. The Bertz CT molecular complexity index is 481. The SMILES string of the molecule is Cc1c(-c2n[nH]c(=S)o2)cnn1C. The van der Waals surface area contributed by atoms with Gasteiger partial charge in [0.1, 0.15) is 0 Å². The highest BCUT2D eigenvalue weighted by molar-refractivity contribution is 7.71. The van der Waals surface area contributed by atoms with Gasteiger partial charge >= 0.3 is 0 Å². The number of nitrogens with one attached hydrogen (secondary N) is 1. The van der Waals surface area contributed by atoms with E-state index in [0.717, 1.165) is 11.3 Å². The van der Waals surface area contributed by atoms with E-state index in [9.17, 15) is 0 Å². The number of H-pyrrole nitrogens is 1. The molecule has 2 aromatic heterocycles. The summed E-state index contributed by atoms with van der Waals surface area (Å²) in [5, 5.41) is 10.5. The van der Waals surface area contributed by atoms with Crippen LogP contribution in [0.1, 0.15) is 5.69 Å². The highest BCUT2D eigenvalue weighted by atomic mass is 32.1. The van der Waals surface area contributed by atoms with E-state index in [1.807, 2.05) is 14.0 Å². The monoisotopic (exact) mass is 196 g/mol. The van der Waals surface area contributed by atoms with Crippen LogP contribution in [-0.2, 0) is 7.05 Å². The van der Waals surface area contributed by atoms with Gasteiger partial charge in [0.15, 0.2) is 0 Å². The first-order chi connectivity index (χ1) is 6.18. The molecule has 1 N–H and O–H groups in total. The van der Waals surface area contributed by atoms with Gasteiger partial charge in [-0.2, -0.15) is 5.10 Å². The number of aryl methyl sites for hydroxylation is 1. The zero-order chi connectivity index (χ0) is 9.42. The van der Waals surface area contributed by atoms with Gasteiger partial charge in [-0.15, -0.1) is 5.10 Å². The van der Waals surface area contributed by atoms with Crippen LogP contribution in [0, 0.1) is 11.8 Å². The first-order valence-corrected chi connectivity index (χ1v) is 4.14. The first kappa shape index (κ1) is 8.18. The molecule has 0 spiro atoms. The fraction of sp³-hybridized carbons (Fsp3) is 0.286. The molecule has 0 aliphatic carbocycles. The summed E-state index contributed by atoms with van der Waals surface area (Å²) in [5.41, 5.74) is 1.85. The maximum atomic E-state index is 5.16. The highest BCUT2D eigenvalue weighted by Crippen LogP contribution is 2.19. The third-order valence-corrected chi connectivity index (χ3v) is 2.08. The Morgan fingerprint density at radius 1 is 1.62 bits per heavy atom. The minimum atomic E-state index is 0.276. The molecule has 68 valence electrons. The predicted octanol–water partition coefficient (Wildman–Crippen LogP) is 1.44. The van der Waals surface area contributed by atoms with E-state index in [-0.39, 0.29) is 4.84 Å². The average Bonchev–Trinajstić information content (AvgIpc) is 2.62. The smallest absolute Gasteiger partial charge is 0.284 e. The molecule has 13 heavy (non-hydrogen) atoms. The second-order valence-corrected chi connectivity index (χ2v) is 3.06. The number of rotatable bonds is 1. The van der Waals surface area contributed by atoms with E-state index in [2.05, 4.69) is 15.3 Å². The topological polar surface area (TPSA) is 59.6 Å². The first-order valence-electron chi connectivity index (χ1n) is 3.73. The number of aromatic nitrogens is 4. The van der Waals surface area contributed by atoms with Crippen LogP contribution in [0.3, 0.4) is 0 Å². The number of nitrogens with zero attached hydrogens (tertiary/aromatic N) is 3. The Morgan fingerprint density at radius 2 is 2.38 bits per heavy atom. The van der Waals surface area contributed by atoms with E-state index in [4.69, 9.17) is 16.6 Å². The highest BCUT2D eigenvalue weighted by Gasteiger charge is 2.10. The van der Waals surface area contributed by atoms with E-state index in [0.29, 0.717) is 5.89 Å². The molecule has 0 saturated carbocycles. The fourth-order valence-electron chi connectivity index (χ4n) is 1.05. The summed E-state index contributed by atoms with van der Waals surface area (Å²) in [7, 11) is 1.86. The lowest BCUT2D eigenvalue weighted by atomic mass is 10.3. The molecule has 6 heteroatoms. The second kappa shape index (κ2) is 2.81. The minimum Gasteiger partial charge on any atom is -0.409 e. The Morgan fingerprint density at radius 3 is 2.85 bits per heavy atom. The van der Waals surface area contributed by atoms with Crippen molar-refractivity contribution in [2.45, 2.75) is 6.92 Å². The van der Waals surface area contributed by atoms with Crippen LogP contribution in [-0.4, -0.2) is 20.0 Å². The molecule has 0 fully saturated rings. The molecule has 0 saturated heterocycles. The Labute approximate surface area is 79.4 Å². The van der Waals surface area contributed by atoms with Gasteiger partial charge in [0.2, 0.25) is 5.89 Å². The minimum absolute atomic E-state index is 0.276. The molecule has 0 aliphatic rings. The van der Waals surface area contributed by atoms with Crippen LogP contribution in [0.15, 0.2) is 10.6 Å². The lowest BCUT2D eigenvalue weighted by Gasteiger charge is -1.93. The van der Waals surface area contributed by atoms with Crippen LogP contribution in [0.25, 0.3) is 11.5 Å². The van der Waals surface area contributed by atoms with Crippen molar-refractivity contribution in [2.24, 2.45) is 7.05 Å². The molecule has 2 rings (SSSR count). The van der Waals surface area contributed by atoms with Gasteiger partial charge in [0.25, 0.3) is 4.84 Å². The van der Waals surface area contributed by atoms with Gasteiger partial charge in [0.05, 0.1) is 11.8 Å². The Balaban J connectivity index is 2.58. The molecular formula is C7H8N4OS. The summed E-state index contributed by atoms with van der Waals surface area (Å²) < 4.78 is 6.91. The third kappa shape index (κ3) is 1.29. The lowest BCUT2D eigenvalue weighted by molar-refractivity contribution is 0.551. The van der Waals surface area contributed by atoms with Gasteiger partial charge in [-0.25, -0.2) is 5.10 Å². The predicted molar refractivity (Wildman–Crippen MR) is 48.6 cm³/mol. The molecule has 2 heterocycles. The molecule has 0 aliphatic heterocycles. The van der Waals surface area contributed by atoms with Crippen LogP contribution in [0.2, 0.25) is 0 Å². The van der Waals surface area contributed by atoms with E-state index < -0.39 is 0 Å². The van der Waals surface area contributed by atoms with Crippen molar-refractivity contribution in [1.29, 1.82) is 0 Å². The molecule has 2 aromatic rings. The summed E-state index contributed by atoms with van der Waals surface area (Å²) in [6, 6.07) is 0. The largest absolute Gasteiger partial charge is 0.409 e. The number of hydrogen-bond acceptors (Lipinski definition) is 4. The summed E-state index contributed by atoms with van der Waals surface area (Å²) in [4.78, 5) is 0.276. The van der Waals surface area contributed by atoms with Crippen molar-refractivity contribution in [1.82, 2.24) is 20.0 Å². The van der Waals surface area contributed by atoms with Crippen LogP contribution in [0.5, 0.6) is 0 Å². The van der Waals surface area contributed by atoms with Gasteiger partial charge in [-0.05, 0) is 19.1 Å². The van der Waals surface area contributed by atoms with Gasteiger partial charge in [0, 0.05) is 12.7 Å². The Hall–Kier alpha value is -1.43.